The fourth-order valence-electron chi connectivity index (χ4n) is 2.89. The molecule has 0 saturated heterocycles. The normalized spacial score (nSPS) is 11.0. The lowest BCUT2D eigenvalue weighted by Crippen LogP contribution is -2.13. The number of nitrogens with one attached hydrogen (secondary N) is 1. The largest absolute Gasteiger partial charge is 0.468 e. The van der Waals surface area contributed by atoms with Gasteiger partial charge in [-0.05, 0) is 18.2 Å². The Bertz CT molecular complexity index is 996. The minimum absolute atomic E-state index is 0.256. The molecular weight excluding hydrogens is 343 g/mol. The third-order valence-corrected chi connectivity index (χ3v) is 4.21. The van der Waals surface area contributed by atoms with Crippen LogP contribution in [0.3, 0.4) is 0 Å². The lowest BCUT2D eigenvalue weighted by atomic mass is 10.1. The molecule has 0 atom stereocenters. The zero-order chi connectivity index (χ0) is 18.5. The average Bonchev–Trinajstić information content (AvgIpc) is 3.35. The lowest BCUT2D eigenvalue weighted by Gasteiger charge is -2.02. The van der Waals surface area contributed by atoms with Crippen molar-refractivity contribution in [3.8, 4) is 11.3 Å². The Balaban J connectivity index is 1.57. The van der Waals surface area contributed by atoms with Crippen molar-refractivity contribution in [2.75, 3.05) is 0 Å². The van der Waals surface area contributed by atoms with Gasteiger partial charge in [-0.3, -0.25) is 0 Å². The van der Waals surface area contributed by atoms with E-state index in [1.54, 1.807) is 23.2 Å². The molecule has 0 unspecified atom stereocenters. The van der Waals surface area contributed by atoms with E-state index in [1.165, 1.54) is 6.07 Å². The first kappa shape index (κ1) is 17.2. The van der Waals surface area contributed by atoms with Crippen molar-refractivity contribution in [2.45, 2.75) is 19.6 Å². The average molecular weight is 362 g/mol. The van der Waals surface area contributed by atoms with Crippen LogP contribution in [-0.2, 0) is 19.6 Å². The summed E-state index contributed by atoms with van der Waals surface area (Å²) in [4.78, 5) is 1.55. The van der Waals surface area contributed by atoms with Crippen molar-refractivity contribution in [3.63, 3.8) is 0 Å². The van der Waals surface area contributed by atoms with Gasteiger partial charge in [-0.15, -0.1) is 0 Å². The van der Waals surface area contributed by atoms with E-state index in [4.69, 9.17) is 4.42 Å². The zero-order valence-electron chi connectivity index (χ0n) is 14.7. The van der Waals surface area contributed by atoms with E-state index >= 15 is 0 Å². The lowest BCUT2D eigenvalue weighted by molar-refractivity contribution is 0.480. The quantitative estimate of drug-likeness (QED) is 0.540. The van der Waals surface area contributed by atoms with Crippen LogP contribution in [0.2, 0.25) is 0 Å². The summed E-state index contributed by atoms with van der Waals surface area (Å²) in [5, 5.41) is 12.5. The van der Waals surface area contributed by atoms with Gasteiger partial charge in [-0.1, -0.05) is 48.5 Å². The van der Waals surface area contributed by atoms with E-state index in [0.29, 0.717) is 18.7 Å². The van der Waals surface area contributed by atoms with Crippen molar-refractivity contribution >= 4 is 0 Å². The Kier molecular flexibility index (Phi) is 5.07. The van der Waals surface area contributed by atoms with Gasteiger partial charge < -0.3 is 9.73 Å². The van der Waals surface area contributed by atoms with Crippen LogP contribution >= 0.6 is 0 Å². The summed E-state index contributed by atoms with van der Waals surface area (Å²) < 4.78 is 19.3. The Morgan fingerprint density at radius 3 is 2.48 bits per heavy atom. The Hall–Kier alpha value is -3.25. The Labute approximate surface area is 156 Å². The molecule has 1 N–H and O–H groups in total. The topological polar surface area (TPSA) is 55.9 Å². The molecule has 2 aromatic carbocycles. The van der Waals surface area contributed by atoms with E-state index in [1.807, 2.05) is 48.5 Å². The van der Waals surface area contributed by atoms with Crippen LogP contribution < -0.4 is 5.32 Å². The third-order valence-electron chi connectivity index (χ3n) is 4.21. The second-order valence-electron chi connectivity index (χ2n) is 6.17. The van der Waals surface area contributed by atoms with Gasteiger partial charge in [-0.2, -0.15) is 15.0 Å². The molecule has 5 nitrogen and oxygen atoms in total. The highest BCUT2D eigenvalue weighted by Gasteiger charge is 2.14. The van der Waals surface area contributed by atoms with Gasteiger partial charge >= 0.3 is 0 Å². The highest BCUT2D eigenvalue weighted by molar-refractivity contribution is 5.60. The predicted molar refractivity (Wildman–Crippen MR) is 100 cm³/mol. The fourth-order valence-corrected chi connectivity index (χ4v) is 2.89. The molecule has 0 amide bonds. The first-order valence-electron chi connectivity index (χ1n) is 8.75. The molecular formula is C21H19FN4O. The number of rotatable bonds is 7. The van der Waals surface area contributed by atoms with Crippen LogP contribution in [0.25, 0.3) is 11.3 Å². The number of aromatic nitrogens is 3. The molecule has 0 fully saturated rings. The van der Waals surface area contributed by atoms with Gasteiger partial charge in [0.2, 0.25) is 0 Å². The van der Waals surface area contributed by atoms with Gasteiger partial charge in [0.15, 0.2) is 0 Å². The first-order chi connectivity index (χ1) is 13.3. The SMILES string of the molecule is Fc1ccccc1Cn1nc(CNCc2ccco2)c(-c2ccccc2)n1. The van der Waals surface area contributed by atoms with Crippen LogP contribution in [0.1, 0.15) is 17.0 Å². The molecule has 0 spiro atoms. The number of hydrogen-bond donors (Lipinski definition) is 1. The van der Waals surface area contributed by atoms with Crippen LogP contribution in [0.5, 0.6) is 0 Å². The van der Waals surface area contributed by atoms with Crippen molar-refractivity contribution in [1.29, 1.82) is 0 Å². The standard InChI is InChI=1S/C21H19FN4O/c22-19-11-5-4-9-17(19)15-26-24-20(14-23-13-18-10-6-12-27-18)21(25-26)16-7-2-1-3-8-16/h1-12,23H,13-15H2. The fraction of sp³-hybridized carbons (Fsp3) is 0.143. The summed E-state index contributed by atoms with van der Waals surface area (Å²) in [6.07, 6.45) is 1.65. The van der Waals surface area contributed by atoms with Crippen LogP contribution in [0.4, 0.5) is 4.39 Å². The molecule has 4 rings (SSSR count). The number of halogens is 1. The predicted octanol–water partition coefficient (Wildman–Crippen LogP) is 4.02. The molecule has 0 saturated carbocycles. The first-order valence-corrected chi connectivity index (χ1v) is 8.75. The van der Waals surface area contributed by atoms with Crippen molar-refractivity contribution < 1.29 is 8.81 Å². The zero-order valence-corrected chi connectivity index (χ0v) is 14.7. The third kappa shape index (κ3) is 4.12. The van der Waals surface area contributed by atoms with E-state index in [0.717, 1.165) is 22.7 Å². The molecule has 136 valence electrons. The summed E-state index contributed by atoms with van der Waals surface area (Å²) in [7, 11) is 0. The van der Waals surface area contributed by atoms with E-state index in [-0.39, 0.29) is 12.4 Å². The van der Waals surface area contributed by atoms with Gasteiger partial charge in [0.1, 0.15) is 23.0 Å². The Morgan fingerprint density at radius 1 is 0.889 bits per heavy atom. The second-order valence-corrected chi connectivity index (χ2v) is 6.17. The number of furan rings is 1. The molecule has 2 aromatic heterocycles. The summed E-state index contributed by atoms with van der Waals surface area (Å²) in [5.41, 5.74) is 3.14. The molecule has 0 aliphatic rings. The number of nitrogens with zero attached hydrogens (tertiary/aromatic N) is 3. The van der Waals surface area contributed by atoms with Gasteiger partial charge in [0.25, 0.3) is 0 Å². The summed E-state index contributed by atoms with van der Waals surface area (Å²) in [5.74, 6) is 0.601. The molecule has 0 aliphatic carbocycles. The molecule has 4 aromatic rings. The van der Waals surface area contributed by atoms with Crippen LogP contribution in [0, 0.1) is 5.82 Å². The van der Waals surface area contributed by atoms with Gasteiger partial charge in [-0.25, -0.2) is 4.39 Å². The molecule has 2 heterocycles. The number of hydrogen-bond acceptors (Lipinski definition) is 4. The Morgan fingerprint density at radius 2 is 1.70 bits per heavy atom. The highest BCUT2D eigenvalue weighted by atomic mass is 19.1. The molecule has 0 radical (unpaired) electrons. The minimum atomic E-state index is -0.256. The van der Waals surface area contributed by atoms with E-state index in [9.17, 15) is 4.39 Å². The maximum Gasteiger partial charge on any atom is 0.128 e. The van der Waals surface area contributed by atoms with Crippen molar-refractivity contribution in [3.05, 3.63) is 95.8 Å². The van der Waals surface area contributed by atoms with Gasteiger partial charge in [0.05, 0.1) is 19.4 Å². The summed E-state index contributed by atoms with van der Waals surface area (Å²) in [6.45, 7) is 1.41. The second kappa shape index (κ2) is 7.97. The monoisotopic (exact) mass is 362 g/mol. The minimum Gasteiger partial charge on any atom is -0.468 e. The maximum absolute atomic E-state index is 14.0. The smallest absolute Gasteiger partial charge is 0.128 e. The maximum atomic E-state index is 14.0. The van der Waals surface area contributed by atoms with E-state index < -0.39 is 0 Å². The van der Waals surface area contributed by atoms with E-state index in [2.05, 4.69) is 15.5 Å². The highest BCUT2D eigenvalue weighted by Crippen LogP contribution is 2.20. The molecule has 27 heavy (non-hydrogen) atoms. The number of benzene rings is 2. The summed E-state index contributed by atoms with van der Waals surface area (Å²) >= 11 is 0. The summed E-state index contributed by atoms with van der Waals surface area (Å²) in [6, 6.07) is 20.3. The van der Waals surface area contributed by atoms with Crippen LogP contribution in [-0.4, -0.2) is 15.0 Å². The molecule has 0 aliphatic heterocycles. The van der Waals surface area contributed by atoms with Crippen molar-refractivity contribution in [2.24, 2.45) is 0 Å². The van der Waals surface area contributed by atoms with Crippen LogP contribution in [0.15, 0.2) is 77.4 Å². The van der Waals surface area contributed by atoms with Crippen molar-refractivity contribution in [1.82, 2.24) is 20.3 Å². The molecule has 6 heteroatoms. The van der Waals surface area contributed by atoms with Gasteiger partial charge in [0, 0.05) is 17.7 Å². The molecule has 0 bridgehead atoms.